The monoisotopic (exact) mass is 550 g/mol. The Morgan fingerprint density at radius 2 is 1.03 bits per heavy atom. The van der Waals surface area contributed by atoms with Crippen molar-refractivity contribution in [2.24, 2.45) is 0 Å². The molecule has 4 rings (SSSR count). The van der Waals surface area contributed by atoms with Crippen molar-refractivity contribution < 1.29 is 14.9 Å². The summed E-state index contributed by atoms with van der Waals surface area (Å²) in [6.45, 7) is 2.87. The minimum absolute atomic E-state index is 0.177. The molecule has 4 aromatic rings. The third-order valence-electron chi connectivity index (χ3n) is 5.65. The van der Waals surface area contributed by atoms with Crippen LogP contribution >= 0.6 is 23.5 Å². The molecular formula is C34H30O3S2. The molecule has 2 N–H and O–H groups in total. The van der Waals surface area contributed by atoms with Gasteiger partial charge in [0.2, 0.25) is 0 Å². The van der Waals surface area contributed by atoms with Crippen LogP contribution in [0.3, 0.4) is 0 Å². The van der Waals surface area contributed by atoms with E-state index < -0.39 is 0 Å². The second-order valence-electron chi connectivity index (χ2n) is 8.66. The van der Waals surface area contributed by atoms with Crippen LogP contribution in [0.4, 0.5) is 0 Å². The molecule has 5 heteroatoms. The number of thioether (sulfide) groups is 2. The molecule has 0 saturated carbocycles. The van der Waals surface area contributed by atoms with Crippen molar-refractivity contribution in [3.63, 3.8) is 0 Å². The van der Waals surface area contributed by atoms with Crippen LogP contribution in [-0.2, 0) is 6.61 Å². The largest absolute Gasteiger partial charge is 0.489 e. The standard InChI is InChI=1S/C34H30O3S2/c1-26-24-30(7-4-29-12-17-33(18-13-29)39-23-21-36)14-19-34(26)37-25-31-8-5-27(6-9-31)2-3-28-10-15-32(16-11-28)38-22-20-35/h5-6,8-19,24,35-36H,20-23,25H2,1H3. The van der Waals surface area contributed by atoms with E-state index in [2.05, 4.69) is 23.7 Å². The van der Waals surface area contributed by atoms with E-state index in [1.165, 1.54) is 0 Å². The number of rotatable bonds is 9. The van der Waals surface area contributed by atoms with Crippen molar-refractivity contribution in [3.05, 3.63) is 124 Å². The van der Waals surface area contributed by atoms with Gasteiger partial charge in [-0.3, -0.25) is 0 Å². The highest BCUT2D eigenvalue weighted by Crippen LogP contribution is 2.21. The van der Waals surface area contributed by atoms with Crippen LogP contribution in [-0.4, -0.2) is 34.9 Å². The Hall–Kier alpha value is -3.58. The number of hydrogen-bond donors (Lipinski definition) is 2. The minimum Gasteiger partial charge on any atom is -0.489 e. The maximum Gasteiger partial charge on any atom is 0.122 e. The predicted molar refractivity (Wildman–Crippen MR) is 162 cm³/mol. The molecule has 0 unspecified atom stereocenters. The molecule has 0 atom stereocenters. The van der Waals surface area contributed by atoms with Crippen molar-refractivity contribution in [2.45, 2.75) is 23.3 Å². The molecule has 0 amide bonds. The Morgan fingerprint density at radius 1 is 0.590 bits per heavy atom. The quantitative estimate of drug-likeness (QED) is 0.183. The summed E-state index contributed by atoms with van der Waals surface area (Å²) >= 11 is 3.26. The number of hydrogen-bond acceptors (Lipinski definition) is 5. The normalized spacial score (nSPS) is 10.2. The fraction of sp³-hybridized carbons (Fsp3) is 0.176. The zero-order valence-electron chi connectivity index (χ0n) is 21.8. The second kappa shape index (κ2) is 15.1. The maximum atomic E-state index is 8.95. The first kappa shape index (κ1) is 28.4. The molecule has 0 aliphatic rings. The zero-order chi connectivity index (χ0) is 27.3. The Morgan fingerprint density at radius 3 is 1.49 bits per heavy atom. The lowest BCUT2D eigenvalue weighted by atomic mass is 10.1. The second-order valence-corrected chi connectivity index (χ2v) is 11.0. The third-order valence-corrected chi connectivity index (χ3v) is 7.64. The first-order valence-electron chi connectivity index (χ1n) is 12.7. The van der Waals surface area contributed by atoms with Crippen molar-refractivity contribution in [1.29, 1.82) is 0 Å². The SMILES string of the molecule is Cc1cc(C#Cc2ccc(SCCO)cc2)ccc1OCc1ccc(C#Cc2ccc(SCCO)cc2)cc1. The van der Waals surface area contributed by atoms with E-state index in [0.717, 1.165) is 48.9 Å². The molecule has 0 radical (unpaired) electrons. The lowest BCUT2D eigenvalue weighted by Gasteiger charge is -2.09. The summed E-state index contributed by atoms with van der Waals surface area (Å²) in [5.74, 6) is 15.1. The van der Waals surface area contributed by atoms with Gasteiger partial charge in [-0.05, 0) is 96.9 Å². The van der Waals surface area contributed by atoms with Gasteiger partial charge in [0, 0.05) is 43.6 Å². The molecule has 39 heavy (non-hydrogen) atoms. The summed E-state index contributed by atoms with van der Waals surface area (Å²) in [5.41, 5.74) is 5.94. The molecule has 0 heterocycles. The smallest absolute Gasteiger partial charge is 0.122 e. The number of benzene rings is 4. The Labute approximate surface area is 239 Å². The van der Waals surface area contributed by atoms with E-state index >= 15 is 0 Å². The molecule has 0 spiro atoms. The van der Waals surface area contributed by atoms with Gasteiger partial charge in [-0.25, -0.2) is 0 Å². The molecule has 196 valence electrons. The first-order chi connectivity index (χ1) is 19.1. The van der Waals surface area contributed by atoms with E-state index in [9.17, 15) is 0 Å². The van der Waals surface area contributed by atoms with E-state index in [0.29, 0.717) is 18.1 Å². The molecule has 0 fully saturated rings. The molecule has 0 aliphatic carbocycles. The van der Waals surface area contributed by atoms with Crippen LogP contribution in [0.25, 0.3) is 0 Å². The lowest BCUT2D eigenvalue weighted by molar-refractivity contribution is 0.304. The average molecular weight is 551 g/mol. The molecule has 4 aromatic carbocycles. The van der Waals surface area contributed by atoms with Gasteiger partial charge in [-0.2, -0.15) is 0 Å². The van der Waals surface area contributed by atoms with Crippen LogP contribution in [0, 0.1) is 30.6 Å². The summed E-state index contributed by atoms with van der Waals surface area (Å²) in [5, 5.41) is 17.9. The van der Waals surface area contributed by atoms with Crippen LogP contribution in [0.1, 0.15) is 33.4 Å². The molecule has 0 saturated heterocycles. The third kappa shape index (κ3) is 9.29. The fourth-order valence-corrected chi connectivity index (χ4v) is 4.93. The van der Waals surface area contributed by atoms with Crippen LogP contribution in [0.5, 0.6) is 5.75 Å². The van der Waals surface area contributed by atoms with Crippen molar-refractivity contribution in [1.82, 2.24) is 0 Å². The Balaban J connectivity index is 1.30. The highest BCUT2D eigenvalue weighted by atomic mass is 32.2. The van der Waals surface area contributed by atoms with Gasteiger partial charge in [0.25, 0.3) is 0 Å². The van der Waals surface area contributed by atoms with E-state index in [1.807, 2.05) is 97.9 Å². The van der Waals surface area contributed by atoms with E-state index in [-0.39, 0.29) is 13.2 Å². The van der Waals surface area contributed by atoms with Gasteiger partial charge in [0.1, 0.15) is 12.4 Å². The van der Waals surface area contributed by atoms with Crippen LogP contribution < -0.4 is 4.74 Å². The summed E-state index contributed by atoms with van der Waals surface area (Å²) in [7, 11) is 0. The Bertz CT molecular complexity index is 1470. The summed E-state index contributed by atoms with van der Waals surface area (Å²) in [6, 6.07) is 30.3. The summed E-state index contributed by atoms with van der Waals surface area (Å²) in [6.07, 6.45) is 0. The van der Waals surface area contributed by atoms with Gasteiger partial charge < -0.3 is 14.9 Å². The fourth-order valence-electron chi connectivity index (χ4n) is 3.62. The van der Waals surface area contributed by atoms with Crippen molar-refractivity contribution in [3.8, 4) is 29.4 Å². The van der Waals surface area contributed by atoms with Crippen molar-refractivity contribution in [2.75, 3.05) is 24.7 Å². The highest BCUT2D eigenvalue weighted by Gasteiger charge is 2.02. The molecule has 0 aliphatic heterocycles. The first-order valence-corrected chi connectivity index (χ1v) is 14.6. The number of aliphatic hydroxyl groups excluding tert-OH is 2. The van der Waals surface area contributed by atoms with Gasteiger partial charge in [-0.15, -0.1) is 23.5 Å². The van der Waals surface area contributed by atoms with Gasteiger partial charge in [-0.1, -0.05) is 35.8 Å². The average Bonchev–Trinajstić information content (AvgIpc) is 2.98. The van der Waals surface area contributed by atoms with Gasteiger partial charge in [0.05, 0.1) is 13.2 Å². The molecule has 0 aromatic heterocycles. The number of aliphatic hydroxyl groups is 2. The highest BCUT2D eigenvalue weighted by molar-refractivity contribution is 7.99. The zero-order valence-corrected chi connectivity index (χ0v) is 23.4. The van der Waals surface area contributed by atoms with Crippen molar-refractivity contribution >= 4 is 23.5 Å². The summed E-state index contributed by atoms with van der Waals surface area (Å²) in [4.78, 5) is 2.26. The lowest BCUT2D eigenvalue weighted by Crippen LogP contribution is -1.97. The Kier molecular flexibility index (Phi) is 11.0. The van der Waals surface area contributed by atoms with Gasteiger partial charge >= 0.3 is 0 Å². The van der Waals surface area contributed by atoms with E-state index in [4.69, 9.17) is 14.9 Å². The molecule has 0 bridgehead atoms. The van der Waals surface area contributed by atoms with Gasteiger partial charge in [0.15, 0.2) is 0 Å². The minimum atomic E-state index is 0.177. The van der Waals surface area contributed by atoms with Crippen LogP contribution in [0.2, 0.25) is 0 Å². The van der Waals surface area contributed by atoms with Crippen LogP contribution in [0.15, 0.2) is 101 Å². The number of ether oxygens (including phenoxy) is 1. The molecular weight excluding hydrogens is 521 g/mol. The van der Waals surface area contributed by atoms with E-state index in [1.54, 1.807) is 23.5 Å². The topological polar surface area (TPSA) is 49.7 Å². The predicted octanol–water partition coefficient (Wildman–Crippen LogP) is 6.54. The summed E-state index contributed by atoms with van der Waals surface area (Å²) < 4.78 is 6.07. The molecule has 3 nitrogen and oxygen atoms in total. The number of aryl methyl sites for hydroxylation is 1. The maximum absolute atomic E-state index is 8.95.